The fourth-order valence-corrected chi connectivity index (χ4v) is 1.05. The van der Waals surface area contributed by atoms with Crippen LogP contribution in [0.3, 0.4) is 0 Å². The van der Waals surface area contributed by atoms with Gasteiger partial charge in [0, 0.05) is 13.1 Å². The predicted molar refractivity (Wildman–Crippen MR) is 59.8 cm³/mol. The van der Waals surface area contributed by atoms with Gasteiger partial charge in [-0.1, -0.05) is 18.2 Å². The lowest BCUT2D eigenvalue weighted by atomic mass is 10.3. The van der Waals surface area contributed by atoms with Gasteiger partial charge in [0.05, 0.1) is 0 Å². The normalized spacial score (nSPS) is 10.1. The van der Waals surface area contributed by atoms with Crippen molar-refractivity contribution in [2.45, 2.75) is 19.9 Å². The SMILES string of the molecule is CC(C)N(C)C(=O)COc1ccccc1. The second-order valence-electron chi connectivity index (χ2n) is 3.70. The first-order valence-electron chi connectivity index (χ1n) is 5.04. The lowest BCUT2D eigenvalue weighted by Gasteiger charge is -2.21. The van der Waals surface area contributed by atoms with Crippen LogP contribution in [-0.4, -0.2) is 30.5 Å². The quantitative estimate of drug-likeness (QED) is 0.755. The topological polar surface area (TPSA) is 29.5 Å². The molecule has 0 fully saturated rings. The van der Waals surface area contributed by atoms with Crippen molar-refractivity contribution in [3.63, 3.8) is 0 Å². The molecule has 1 rings (SSSR count). The van der Waals surface area contributed by atoms with E-state index in [1.54, 1.807) is 11.9 Å². The van der Waals surface area contributed by atoms with Gasteiger partial charge in [0.25, 0.3) is 5.91 Å². The maximum atomic E-state index is 11.6. The molecular weight excluding hydrogens is 190 g/mol. The lowest BCUT2D eigenvalue weighted by molar-refractivity contribution is -0.133. The van der Waals surface area contributed by atoms with Crippen molar-refractivity contribution < 1.29 is 9.53 Å². The molecule has 0 aliphatic heterocycles. The molecule has 0 aliphatic carbocycles. The summed E-state index contributed by atoms with van der Waals surface area (Å²) in [6.45, 7) is 4.04. The molecule has 0 aromatic heterocycles. The van der Waals surface area contributed by atoms with Gasteiger partial charge in [-0.15, -0.1) is 0 Å². The monoisotopic (exact) mass is 207 g/mol. The molecule has 0 saturated carbocycles. The lowest BCUT2D eigenvalue weighted by Crippen LogP contribution is -2.36. The molecule has 0 aliphatic rings. The Labute approximate surface area is 90.7 Å². The molecule has 0 heterocycles. The highest BCUT2D eigenvalue weighted by atomic mass is 16.5. The smallest absolute Gasteiger partial charge is 0.260 e. The number of nitrogens with zero attached hydrogens (tertiary/aromatic N) is 1. The van der Waals surface area contributed by atoms with Crippen molar-refractivity contribution in [2.75, 3.05) is 13.7 Å². The number of likely N-dealkylation sites (N-methyl/N-ethyl adjacent to an activating group) is 1. The van der Waals surface area contributed by atoms with Gasteiger partial charge in [-0.3, -0.25) is 4.79 Å². The Balaban J connectivity index is 2.41. The largest absolute Gasteiger partial charge is 0.484 e. The van der Waals surface area contributed by atoms with Gasteiger partial charge in [0.2, 0.25) is 0 Å². The molecule has 0 N–H and O–H groups in total. The first kappa shape index (κ1) is 11.6. The first-order valence-corrected chi connectivity index (χ1v) is 5.04. The molecule has 15 heavy (non-hydrogen) atoms. The van der Waals surface area contributed by atoms with E-state index in [1.165, 1.54) is 0 Å². The third kappa shape index (κ3) is 3.62. The van der Waals surface area contributed by atoms with Crippen LogP contribution in [0.4, 0.5) is 0 Å². The summed E-state index contributed by atoms with van der Waals surface area (Å²) in [6.07, 6.45) is 0. The summed E-state index contributed by atoms with van der Waals surface area (Å²) < 4.78 is 5.35. The van der Waals surface area contributed by atoms with Crippen LogP contribution in [0.1, 0.15) is 13.8 Å². The Kier molecular flexibility index (Phi) is 4.16. The number of carbonyl (C=O) groups excluding carboxylic acids is 1. The van der Waals surface area contributed by atoms with E-state index >= 15 is 0 Å². The highest BCUT2D eigenvalue weighted by Gasteiger charge is 2.11. The molecule has 0 radical (unpaired) electrons. The van der Waals surface area contributed by atoms with E-state index in [-0.39, 0.29) is 18.6 Å². The summed E-state index contributed by atoms with van der Waals surface area (Å²) >= 11 is 0. The maximum Gasteiger partial charge on any atom is 0.260 e. The molecule has 1 amide bonds. The molecule has 82 valence electrons. The summed E-state index contributed by atoms with van der Waals surface area (Å²) in [5, 5.41) is 0. The zero-order valence-electron chi connectivity index (χ0n) is 9.43. The van der Waals surface area contributed by atoms with Crippen molar-refractivity contribution in [1.29, 1.82) is 0 Å². The van der Waals surface area contributed by atoms with Crippen LogP contribution in [0, 0.1) is 0 Å². The Morgan fingerprint density at radius 3 is 2.47 bits per heavy atom. The van der Waals surface area contributed by atoms with Gasteiger partial charge in [-0.25, -0.2) is 0 Å². The van der Waals surface area contributed by atoms with Crippen LogP contribution in [-0.2, 0) is 4.79 Å². The minimum Gasteiger partial charge on any atom is -0.484 e. The molecule has 3 nitrogen and oxygen atoms in total. The van der Waals surface area contributed by atoms with Crippen molar-refractivity contribution in [3.05, 3.63) is 30.3 Å². The number of amides is 1. The molecule has 1 aromatic rings. The van der Waals surface area contributed by atoms with Crippen molar-refractivity contribution >= 4 is 5.91 Å². The van der Waals surface area contributed by atoms with Crippen molar-refractivity contribution in [3.8, 4) is 5.75 Å². The van der Waals surface area contributed by atoms with Gasteiger partial charge in [-0.05, 0) is 26.0 Å². The van der Waals surface area contributed by atoms with Crippen LogP contribution in [0.5, 0.6) is 5.75 Å². The number of carbonyl (C=O) groups is 1. The molecule has 1 aromatic carbocycles. The van der Waals surface area contributed by atoms with Gasteiger partial charge < -0.3 is 9.64 Å². The summed E-state index contributed by atoms with van der Waals surface area (Å²) in [7, 11) is 1.78. The summed E-state index contributed by atoms with van der Waals surface area (Å²) in [4.78, 5) is 13.2. The van der Waals surface area contributed by atoms with Crippen LogP contribution < -0.4 is 4.74 Å². The van der Waals surface area contributed by atoms with E-state index in [9.17, 15) is 4.79 Å². The Morgan fingerprint density at radius 1 is 1.33 bits per heavy atom. The van der Waals surface area contributed by atoms with E-state index < -0.39 is 0 Å². The molecular formula is C12H17NO2. The number of benzene rings is 1. The highest BCUT2D eigenvalue weighted by molar-refractivity contribution is 5.77. The molecule has 0 bridgehead atoms. The van der Waals surface area contributed by atoms with Crippen LogP contribution in [0.15, 0.2) is 30.3 Å². The van der Waals surface area contributed by atoms with Crippen molar-refractivity contribution in [1.82, 2.24) is 4.90 Å². The van der Waals surface area contributed by atoms with Gasteiger partial charge >= 0.3 is 0 Å². The van der Waals surface area contributed by atoms with E-state index in [0.717, 1.165) is 5.75 Å². The number of hydrogen-bond acceptors (Lipinski definition) is 2. The molecule has 0 spiro atoms. The minimum atomic E-state index is -0.00569. The van der Waals surface area contributed by atoms with Gasteiger partial charge in [0.1, 0.15) is 5.75 Å². The number of hydrogen-bond donors (Lipinski definition) is 0. The summed E-state index contributed by atoms with van der Waals surface area (Å²) in [6, 6.07) is 9.55. The maximum absolute atomic E-state index is 11.6. The minimum absolute atomic E-state index is 0.00569. The number of para-hydroxylation sites is 1. The summed E-state index contributed by atoms with van der Waals surface area (Å²) in [5.41, 5.74) is 0. The highest BCUT2D eigenvalue weighted by Crippen LogP contribution is 2.08. The van der Waals surface area contributed by atoms with E-state index in [4.69, 9.17) is 4.74 Å². The Hall–Kier alpha value is -1.51. The number of rotatable bonds is 4. The molecule has 3 heteroatoms. The van der Waals surface area contributed by atoms with Crippen LogP contribution >= 0.6 is 0 Å². The fraction of sp³-hybridized carbons (Fsp3) is 0.417. The third-order valence-electron chi connectivity index (χ3n) is 2.27. The zero-order chi connectivity index (χ0) is 11.3. The Morgan fingerprint density at radius 2 is 1.93 bits per heavy atom. The van der Waals surface area contributed by atoms with E-state index in [0.29, 0.717) is 0 Å². The van der Waals surface area contributed by atoms with E-state index in [1.807, 2.05) is 44.2 Å². The second-order valence-corrected chi connectivity index (χ2v) is 3.70. The Bertz CT molecular complexity index is 309. The second kappa shape index (κ2) is 5.39. The zero-order valence-corrected chi connectivity index (χ0v) is 9.43. The average molecular weight is 207 g/mol. The first-order chi connectivity index (χ1) is 7.11. The molecule has 0 saturated heterocycles. The van der Waals surface area contributed by atoms with Gasteiger partial charge in [-0.2, -0.15) is 0 Å². The van der Waals surface area contributed by atoms with Crippen molar-refractivity contribution in [2.24, 2.45) is 0 Å². The third-order valence-corrected chi connectivity index (χ3v) is 2.27. The predicted octanol–water partition coefficient (Wildman–Crippen LogP) is 1.93. The summed E-state index contributed by atoms with van der Waals surface area (Å²) in [5.74, 6) is 0.719. The molecule has 0 unspecified atom stereocenters. The average Bonchev–Trinajstić information content (AvgIpc) is 2.26. The van der Waals surface area contributed by atoms with E-state index in [2.05, 4.69) is 0 Å². The number of ether oxygens (including phenoxy) is 1. The molecule has 0 atom stereocenters. The van der Waals surface area contributed by atoms with Crippen LogP contribution in [0.25, 0.3) is 0 Å². The standard InChI is InChI=1S/C12H17NO2/c1-10(2)13(3)12(14)9-15-11-7-5-4-6-8-11/h4-8,10H,9H2,1-3H3. The fourth-order valence-electron chi connectivity index (χ4n) is 1.05. The van der Waals surface area contributed by atoms with Crippen LogP contribution in [0.2, 0.25) is 0 Å². The van der Waals surface area contributed by atoms with Gasteiger partial charge in [0.15, 0.2) is 6.61 Å².